The van der Waals surface area contributed by atoms with Gasteiger partial charge in [-0.3, -0.25) is 9.80 Å². The summed E-state index contributed by atoms with van der Waals surface area (Å²) in [6, 6.07) is 7.56. The van der Waals surface area contributed by atoms with Crippen molar-refractivity contribution >= 4 is 5.91 Å². The standard InChI is InChI=1S/C9H9F3N2O/c10-9(11,12)6-14(13)8(15)7-4-2-1-3-5-7/h1-5H,6,13H2. The molecule has 1 aromatic rings. The normalized spacial score (nSPS) is 11.2. The summed E-state index contributed by atoms with van der Waals surface area (Å²) in [5.41, 5.74) is 0.129. The molecule has 2 N–H and O–H groups in total. The second-order valence-electron chi connectivity index (χ2n) is 2.91. The molecule has 0 saturated heterocycles. The van der Waals surface area contributed by atoms with Gasteiger partial charge in [0.2, 0.25) is 0 Å². The van der Waals surface area contributed by atoms with Crippen molar-refractivity contribution in [2.75, 3.05) is 6.54 Å². The third-order valence-electron chi connectivity index (χ3n) is 1.63. The highest BCUT2D eigenvalue weighted by Gasteiger charge is 2.32. The third kappa shape index (κ3) is 3.59. The van der Waals surface area contributed by atoms with Gasteiger partial charge in [-0.05, 0) is 12.1 Å². The molecule has 1 amide bonds. The summed E-state index contributed by atoms with van der Waals surface area (Å²) in [6.45, 7) is -1.46. The zero-order valence-corrected chi connectivity index (χ0v) is 7.66. The van der Waals surface area contributed by atoms with Crippen molar-refractivity contribution in [3.05, 3.63) is 35.9 Å². The number of benzene rings is 1. The molecule has 0 fully saturated rings. The van der Waals surface area contributed by atoms with Crippen molar-refractivity contribution in [3.63, 3.8) is 0 Å². The molecule has 3 nitrogen and oxygen atoms in total. The Morgan fingerprint density at radius 1 is 1.27 bits per heavy atom. The molecule has 0 heterocycles. The van der Waals surface area contributed by atoms with Gasteiger partial charge in [-0.2, -0.15) is 13.2 Å². The number of rotatable bonds is 2. The van der Waals surface area contributed by atoms with Crippen LogP contribution in [0.1, 0.15) is 10.4 Å². The maximum absolute atomic E-state index is 11.9. The van der Waals surface area contributed by atoms with Gasteiger partial charge in [0, 0.05) is 5.56 Å². The Morgan fingerprint density at radius 2 is 1.80 bits per heavy atom. The van der Waals surface area contributed by atoms with E-state index < -0.39 is 18.6 Å². The first-order valence-corrected chi connectivity index (χ1v) is 4.08. The molecule has 0 bridgehead atoms. The lowest BCUT2D eigenvalue weighted by molar-refractivity contribution is -0.141. The molecule has 15 heavy (non-hydrogen) atoms. The maximum Gasteiger partial charge on any atom is 0.407 e. The van der Waals surface area contributed by atoms with Crippen LogP contribution in [0.5, 0.6) is 0 Å². The van der Waals surface area contributed by atoms with Crippen molar-refractivity contribution in [2.45, 2.75) is 6.18 Å². The summed E-state index contributed by atoms with van der Waals surface area (Å²) in [5, 5.41) is 0.148. The van der Waals surface area contributed by atoms with Crippen molar-refractivity contribution in [1.29, 1.82) is 0 Å². The lowest BCUT2D eigenvalue weighted by Crippen LogP contribution is -2.43. The number of carbonyl (C=O) groups excluding carboxylic acids is 1. The summed E-state index contributed by atoms with van der Waals surface area (Å²) in [5.74, 6) is 4.15. The van der Waals surface area contributed by atoms with Crippen molar-refractivity contribution in [3.8, 4) is 0 Å². The topological polar surface area (TPSA) is 46.3 Å². The van der Waals surface area contributed by atoms with E-state index in [-0.39, 0.29) is 10.6 Å². The van der Waals surface area contributed by atoms with Crippen LogP contribution in [0.3, 0.4) is 0 Å². The van der Waals surface area contributed by atoms with E-state index >= 15 is 0 Å². The Hall–Kier alpha value is -1.56. The SMILES string of the molecule is NN(CC(F)(F)F)C(=O)c1ccccc1. The number of halogens is 3. The number of amides is 1. The van der Waals surface area contributed by atoms with Crippen molar-refractivity contribution in [1.82, 2.24) is 5.01 Å². The third-order valence-corrected chi connectivity index (χ3v) is 1.63. The van der Waals surface area contributed by atoms with Crippen LogP contribution in [-0.2, 0) is 0 Å². The Balaban J connectivity index is 2.70. The van der Waals surface area contributed by atoms with Gasteiger partial charge in [0.05, 0.1) is 0 Å². The molecule has 0 aliphatic carbocycles. The highest BCUT2D eigenvalue weighted by atomic mass is 19.4. The van der Waals surface area contributed by atoms with Gasteiger partial charge in [0.1, 0.15) is 6.54 Å². The van der Waals surface area contributed by atoms with E-state index in [2.05, 4.69) is 0 Å². The second kappa shape index (κ2) is 4.31. The molecule has 0 aliphatic heterocycles. The Morgan fingerprint density at radius 3 is 2.27 bits per heavy atom. The average Bonchev–Trinajstić information content (AvgIpc) is 2.15. The fourth-order valence-electron chi connectivity index (χ4n) is 1.01. The fraction of sp³-hybridized carbons (Fsp3) is 0.222. The average molecular weight is 218 g/mol. The van der Waals surface area contributed by atoms with Crippen LogP contribution < -0.4 is 5.84 Å². The smallest absolute Gasteiger partial charge is 0.268 e. The molecule has 0 saturated carbocycles. The number of alkyl halides is 3. The van der Waals surface area contributed by atoms with E-state index in [4.69, 9.17) is 5.84 Å². The van der Waals surface area contributed by atoms with Crippen LogP contribution in [0.2, 0.25) is 0 Å². The monoisotopic (exact) mass is 218 g/mol. The maximum atomic E-state index is 11.9. The molecule has 6 heteroatoms. The molecule has 0 spiro atoms. The molecular weight excluding hydrogens is 209 g/mol. The number of nitrogens with two attached hydrogens (primary N) is 1. The van der Waals surface area contributed by atoms with Gasteiger partial charge in [0.25, 0.3) is 5.91 Å². The molecule has 1 aromatic carbocycles. The number of hydrazine groups is 1. The second-order valence-corrected chi connectivity index (χ2v) is 2.91. The van der Waals surface area contributed by atoms with Crippen LogP contribution in [0, 0.1) is 0 Å². The number of carbonyl (C=O) groups is 1. The lowest BCUT2D eigenvalue weighted by atomic mass is 10.2. The summed E-state index contributed by atoms with van der Waals surface area (Å²) in [6.07, 6.45) is -4.49. The Bertz CT molecular complexity index is 337. The number of hydrogen-bond acceptors (Lipinski definition) is 2. The van der Waals surface area contributed by atoms with Gasteiger partial charge in [-0.25, -0.2) is 5.84 Å². The minimum absolute atomic E-state index is 0.129. The van der Waals surface area contributed by atoms with Crippen molar-refractivity contribution in [2.24, 2.45) is 5.84 Å². The molecule has 1 rings (SSSR count). The number of nitrogens with zero attached hydrogens (tertiary/aromatic N) is 1. The number of hydrogen-bond donors (Lipinski definition) is 1. The molecule has 0 unspecified atom stereocenters. The molecule has 0 atom stereocenters. The minimum atomic E-state index is -4.49. The fourth-order valence-corrected chi connectivity index (χ4v) is 1.01. The quantitative estimate of drug-likeness (QED) is 0.465. The Labute approximate surface area is 84.3 Å². The van der Waals surface area contributed by atoms with Crippen LogP contribution in [0.4, 0.5) is 13.2 Å². The van der Waals surface area contributed by atoms with Crippen LogP contribution in [-0.4, -0.2) is 23.6 Å². The highest BCUT2D eigenvalue weighted by Crippen LogP contribution is 2.15. The molecule has 0 aliphatic rings. The predicted octanol–water partition coefficient (Wildman–Crippen LogP) is 1.56. The Kier molecular flexibility index (Phi) is 3.31. The van der Waals surface area contributed by atoms with E-state index in [0.29, 0.717) is 0 Å². The van der Waals surface area contributed by atoms with Gasteiger partial charge < -0.3 is 0 Å². The molecular formula is C9H9F3N2O. The lowest BCUT2D eigenvalue weighted by Gasteiger charge is -2.18. The molecule has 0 aromatic heterocycles. The van der Waals surface area contributed by atoms with Gasteiger partial charge in [-0.15, -0.1) is 0 Å². The summed E-state index contributed by atoms with van der Waals surface area (Å²) in [7, 11) is 0. The van der Waals surface area contributed by atoms with E-state index in [0.717, 1.165) is 0 Å². The van der Waals surface area contributed by atoms with Crippen LogP contribution in [0.15, 0.2) is 30.3 Å². The van der Waals surface area contributed by atoms with Gasteiger partial charge in [-0.1, -0.05) is 18.2 Å². The van der Waals surface area contributed by atoms with E-state index in [1.807, 2.05) is 0 Å². The first-order chi connectivity index (χ1) is 6.90. The zero-order valence-electron chi connectivity index (χ0n) is 7.66. The zero-order chi connectivity index (χ0) is 11.5. The van der Waals surface area contributed by atoms with Crippen molar-refractivity contribution < 1.29 is 18.0 Å². The summed E-state index contributed by atoms with van der Waals surface area (Å²) < 4.78 is 35.7. The van der Waals surface area contributed by atoms with E-state index in [1.54, 1.807) is 18.2 Å². The minimum Gasteiger partial charge on any atom is -0.268 e. The first-order valence-electron chi connectivity index (χ1n) is 4.08. The van der Waals surface area contributed by atoms with Crippen LogP contribution in [0.25, 0.3) is 0 Å². The van der Waals surface area contributed by atoms with E-state index in [9.17, 15) is 18.0 Å². The molecule has 0 radical (unpaired) electrons. The molecule has 82 valence electrons. The largest absolute Gasteiger partial charge is 0.407 e. The first kappa shape index (κ1) is 11.5. The van der Waals surface area contributed by atoms with Gasteiger partial charge >= 0.3 is 6.18 Å². The summed E-state index contributed by atoms with van der Waals surface area (Å²) >= 11 is 0. The van der Waals surface area contributed by atoms with E-state index in [1.165, 1.54) is 12.1 Å². The summed E-state index contributed by atoms with van der Waals surface area (Å²) in [4.78, 5) is 11.3. The highest BCUT2D eigenvalue weighted by molar-refractivity contribution is 5.93. The predicted molar refractivity (Wildman–Crippen MR) is 47.7 cm³/mol. The van der Waals surface area contributed by atoms with Crippen LogP contribution >= 0.6 is 0 Å². The van der Waals surface area contributed by atoms with Gasteiger partial charge in [0.15, 0.2) is 0 Å².